The van der Waals surface area contributed by atoms with E-state index in [2.05, 4.69) is 134 Å². The molecule has 1 heteroatoms. The number of aryl methyl sites for hydroxylation is 1. The summed E-state index contributed by atoms with van der Waals surface area (Å²) in [5.41, 5.74) is 2.56. The van der Waals surface area contributed by atoms with Crippen molar-refractivity contribution in [1.82, 2.24) is 0 Å². The van der Waals surface area contributed by atoms with E-state index in [0.717, 1.165) is 0 Å². The third-order valence-electron chi connectivity index (χ3n) is 4.99. The smallest absolute Gasteiger partial charge is 0.00174 e. The molecule has 4 rings (SSSR count). The molecule has 0 spiro atoms. The predicted molar refractivity (Wildman–Crippen MR) is 122 cm³/mol. The van der Waals surface area contributed by atoms with E-state index in [9.17, 15) is 0 Å². The molecule has 0 unspecified atom stereocenters. The molecular weight excluding hydrogens is 356 g/mol. The largest absolute Gasteiger partial charge is 0.140 e. The lowest BCUT2D eigenvalue weighted by molar-refractivity contribution is 1.30. The van der Waals surface area contributed by atoms with Crippen LogP contribution in [0.4, 0.5) is 0 Å². The lowest BCUT2D eigenvalue weighted by Crippen LogP contribution is -2.00. The summed E-state index contributed by atoms with van der Waals surface area (Å²) in [6, 6.07) is 41.3. The molecule has 0 aliphatic carbocycles. The Kier molecular flexibility index (Phi) is 5.45. The quantitative estimate of drug-likeness (QED) is 0.329. The molecule has 0 N–H and O–H groups in total. The topological polar surface area (TPSA) is 0 Å². The molecule has 0 heterocycles. The summed E-state index contributed by atoms with van der Waals surface area (Å²) in [5, 5.41) is 2.44. The summed E-state index contributed by atoms with van der Waals surface area (Å²) >= 11 is 0. The summed E-state index contributed by atoms with van der Waals surface area (Å²) in [5.74, 6) is 0. The fraction of sp³-hybridized carbons (Fsp3) is 0.0370. The number of hydrogen-bond donors (Lipinski definition) is 0. The normalized spacial score (nSPS) is 12.2. The highest BCUT2D eigenvalue weighted by molar-refractivity contribution is 8.36. The van der Waals surface area contributed by atoms with Gasteiger partial charge in [-0.2, -0.15) is 0 Å². The van der Waals surface area contributed by atoms with Crippen LogP contribution in [0.1, 0.15) is 11.1 Å². The molecule has 0 fully saturated rings. The maximum absolute atomic E-state index is 2.44. The van der Waals surface area contributed by atoms with Crippen molar-refractivity contribution in [2.24, 2.45) is 0 Å². The van der Waals surface area contributed by atoms with Gasteiger partial charge < -0.3 is 0 Å². The van der Waals surface area contributed by atoms with E-state index < -0.39 is 10.0 Å². The van der Waals surface area contributed by atoms with Gasteiger partial charge >= 0.3 is 0 Å². The van der Waals surface area contributed by atoms with Crippen LogP contribution in [0.25, 0.3) is 6.08 Å². The van der Waals surface area contributed by atoms with Crippen LogP contribution in [0.5, 0.6) is 0 Å². The third kappa shape index (κ3) is 3.54. The van der Waals surface area contributed by atoms with E-state index in [4.69, 9.17) is 0 Å². The molecule has 0 aromatic heterocycles. The van der Waals surface area contributed by atoms with E-state index in [-0.39, 0.29) is 0 Å². The van der Waals surface area contributed by atoms with Gasteiger partial charge in [0.15, 0.2) is 0 Å². The Bertz CT molecular complexity index is 954. The second kappa shape index (κ2) is 8.33. The van der Waals surface area contributed by atoms with E-state index in [1.54, 1.807) is 0 Å². The zero-order valence-electron chi connectivity index (χ0n) is 16.0. The minimum Gasteiger partial charge on any atom is -0.140 e. The summed E-state index contributed by atoms with van der Waals surface area (Å²) in [7, 11) is -1.53. The molecule has 0 saturated heterocycles. The Morgan fingerprint density at radius 1 is 0.500 bits per heavy atom. The van der Waals surface area contributed by atoms with Gasteiger partial charge in [-0.25, -0.2) is 0 Å². The highest BCUT2D eigenvalue weighted by Gasteiger charge is 2.28. The Labute approximate surface area is 169 Å². The van der Waals surface area contributed by atoms with Crippen molar-refractivity contribution in [3.8, 4) is 0 Å². The summed E-state index contributed by atoms with van der Waals surface area (Å²) in [6.07, 6.45) is 2.30. The standard InChI is InChI=1S/C27H24S/c1-23-13-11-12-14-24(23)21-22-28(25-15-5-2-6-16-25,26-17-7-3-8-18-26)27-19-9-4-10-20-27/h2-22H,1H3/b22-21+. The maximum Gasteiger partial charge on any atom is 0.00174 e. The van der Waals surface area contributed by atoms with E-state index in [1.807, 2.05) is 0 Å². The van der Waals surface area contributed by atoms with Crippen LogP contribution in [0.2, 0.25) is 0 Å². The number of hydrogen-bond acceptors (Lipinski definition) is 0. The van der Waals surface area contributed by atoms with E-state index in [1.165, 1.54) is 25.8 Å². The molecule has 0 bridgehead atoms. The zero-order chi connectivity index (χ0) is 19.2. The first-order valence-electron chi connectivity index (χ1n) is 9.53. The SMILES string of the molecule is Cc1ccccc1/C=C/S(c1ccccc1)(c1ccccc1)c1ccccc1. The average molecular weight is 381 g/mol. The van der Waals surface area contributed by atoms with Crippen LogP contribution < -0.4 is 0 Å². The molecule has 138 valence electrons. The molecule has 0 aliphatic rings. The molecule has 4 aromatic rings. The van der Waals surface area contributed by atoms with Crippen molar-refractivity contribution >= 4 is 16.1 Å². The molecular formula is C27H24S. The van der Waals surface area contributed by atoms with Crippen LogP contribution in [0, 0.1) is 6.92 Å². The first-order valence-corrected chi connectivity index (χ1v) is 11.2. The second-order valence-electron chi connectivity index (χ2n) is 6.76. The van der Waals surface area contributed by atoms with Crippen molar-refractivity contribution in [2.45, 2.75) is 21.6 Å². The van der Waals surface area contributed by atoms with Gasteiger partial charge in [-0.3, -0.25) is 0 Å². The molecule has 0 radical (unpaired) electrons. The highest BCUT2D eigenvalue weighted by Crippen LogP contribution is 2.69. The molecule has 0 atom stereocenters. The van der Waals surface area contributed by atoms with Crippen LogP contribution in [-0.2, 0) is 0 Å². The first-order chi connectivity index (χ1) is 13.8. The Balaban J connectivity index is 2.00. The summed E-state index contributed by atoms with van der Waals surface area (Å²) in [6.45, 7) is 2.17. The lowest BCUT2D eigenvalue weighted by atomic mass is 10.1. The van der Waals surface area contributed by atoms with Gasteiger partial charge in [0.2, 0.25) is 0 Å². The lowest BCUT2D eigenvalue weighted by Gasteiger charge is -2.38. The van der Waals surface area contributed by atoms with Gasteiger partial charge in [0.1, 0.15) is 0 Å². The molecule has 0 amide bonds. The van der Waals surface area contributed by atoms with Crippen LogP contribution >= 0.6 is 10.0 Å². The van der Waals surface area contributed by atoms with Crippen molar-refractivity contribution in [2.75, 3.05) is 0 Å². The third-order valence-corrected chi connectivity index (χ3v) is 8.58. The molecule has 0 aliphatic heterocycles. The van der Waals surface area contributed by atoms with Crippen molar-refractivity contribution < 1.29 is 0 Å². The number of benzene rings is 4. The van der Waals surface area contributed by atoms with Gasteiger partial charge in [-0.15, -0.1) is 10.0 Å². The monoisotopic (exact) mass is 380 g/mol. The van der Waals surface area contributed by atoms with Gasteiger partial charge in [-0.1, -0.05) is 78.9 Å². The van der Waals surface area contributed by atoms with Crippen molar-refractivity contribution in [3.63, 3.8) is 0 Å². The van der Waals surface area contributed by atoms with E-state index in [0.29, 0.717) is 0 Å². The van der Waals surface area contributed by atoms with Gasteiger partial charge in [0.25, 0.3) is 0 Å². The Hall–Kier alpha value is -3.03. The Morgan fingerprint density at radius 2 is 0.893 bits per heavy atom. The number of rotatable bonds is 5. The molecule has 0 saturated carbocycles. The molecule has 4 aromatic carbocycles. The van der Waals surface area contributed by atoms with Crippen LogP contribution in [0.3, 0.4) is 0 Å². The zero-order valence-corrected chi connectivity index (χ0v) is 16.8. The fourth-order valence-corrected chi connectivity index (χ4v) is 6.90. The van der Waals surface area contributed by atoms with Crippen LogP contribution in [-0.4, -0.2) is 0 Å². The second-order valence-corrected chi connectivity index (χ2v) is 9.76. The maximum atomic E-state index is 2.44. The minimum absolute atomic E-state index is 1.27. The highest BCUT2D eigenvalue weighted by atomic mass is 32.3. The summed E-state index contributed by atoms with van der Waals surface area (Å²) < 4.78 is 0. The van der Waals surface area contributed by atoms with Gasteiger partial charge in [-0.05, 0) is 65.9 Å². The van der Waals surface area contributed by atoms with Gasteiger partial charge in [0.05, 0.1) is 0 Å². The first kappa shape index (κ1) is 18.3. The van der Waals surface area contributed by atoms with Crippen molar-refractivity contribution in [1.29, 1.82) is 0 Å². The minimum atomic E-state index is -1.53. The average Bonchev–Trinajstić information content (AvgIpc) is 2.78. The Morgan fingerprint density at radius 3 is 1.32 bits per heavy atom. The molecule has 28 heavy (non-hydrogen) atoms. The summed E-state index contributed by atoms with van der Waals surface area (Å²) in [4.78, 5) is 4.03. The fourth-order valence-electron chi connectivity index (χ4n) is 3.50. The molecule has 0 nitrogen and oxygen atoms in total. The van der Waals surface area contributed by atoms with E-state index >= 15 is 0 Å². The van der Waals surface area contributed by atoms with Crippen molar-refractivity contribution in [3.05, 3.63) is 132 Å². The predicted octanol–water partition coefficient (Wildman–Crippen LogP) is 7.95. The van der Waals surface area contributed by atoms with Gasteiger partial charge in [0, 0.05) is 14.7 Å². The van der Waals surface area contributed by atoms with Crippen LogP contribution in [0.15, 0.2) is 135 Å².